The van der Waals surface area contributed by atoms with E-state index >= 15 is 0 Å². The Morgan fingerprint density at radius 2 is 0.960 bits per heavy atom. The molecular weight excluding hydrogens is 312 g/mol. The molecule has 4 nitrogen and oxygen atoms in total. The van der Waals surface area contributed by atoms with Crippen LogP contribution in [0.5, 0.6) is 0 Å². The van der Waals surface area contributed by atoms with E-state index in [1.165, 1.54) is 0 Å². The molecule has 128 valence electrons. The monoisotopic (exact) mass is 334 g/mol. The number of rotatable bonds is 4. The first kappa shape index (κ1) is 18.5. The van der Waals surface area contributed by atoms with E-state index in [2.05, 4.69) is 48.1 Å². The number of nitrogens with zero attached hydrogens (tertiary/aromatic N) is 2. The lowest BCUT2D eigenvalue weighted by Gasteiger charge is -2.28. The molecule has 0 aromatic heterocycles. The Bertz CT molecular complexity index is 807. The van der Waals surface area contributed by atoms with Crippen LogP contribution in [0.4, 0.5) is 11.4 Å². The van der Waals surface area contributed by atoms with Gasteiger partial charge in [-0.1, -0.05) is 38.1 Å². The van der Waals surface area contributed by atoms with Gasteiger partial charge < -0.3 is 0 Å². The molecule has 4 heteroatoms. The van der Waals surface area contributed by atoms with Crippen LogP contribution in [0, 0.1) is 27.7 Å². The van der Waals surface area contributed by atoms with Crippen molar-refractivity contribution >= 4 is 23.5 Å². The lowest BCUT2D eigenvalue weighted by Crippen LogP contribution is -2.20. The minimum absolute atomic E-state index is 0.252. The first-order chi connectivity index (χ1) is 11.7. The van der Waals surface area contributed by atoms with Crippen LogP contribution in [-0.2, 0) is 15.0 Å². The molecule has 0 fully saturated rings. The Balaban J connectivity index is 2.63. The Hall–Kier alpha value is -2.80. The third-order valence-electron chi connectivity index (χ3n) is 4.74. The summed E-state index contributed by atoms with van der Waals surface area (Å²) in [6.07, 6.45) is 3.24. The molecule has 0 N–H and O–H groups in total. The van der Waals surface area contributed by atoms with Gasteiger partial charge in [0.15, 0.2) is 0 Å². The Morgan fingerprint density at radius 1 is 0.680 bits per heavy atom. The van der Waals surface area contributed by atoms with Crippen molar-refractivity contribution in [3.05, 3.63) is 57.6 Å². The van der Waals surface area contributed by atoms with Gasteiger partial charge >= 0.3 is 0 Å². The van der Waals surface area contributed by atoms with E-state index in [1.54, 1.807) is 12.2 Å². The highest BCUT2D eigenvalue weighted by atomic mass is 16.1. The number of hydrogen-bond acceptors (Lipinski definition) is 4. The highest BCUT2D eigenvalue weighted by molar-refractivity contribution is 5.63. The smallest absolute Gasteiger partial charge is 0.211 e. The van der Waals surface area contributed by atoms with Gasteiger partial charge in [0.1, 0.15) is 0 Å². The zero-order valence-corrected chi connectivity index (χ0v) is 15.5. The van der Waals surface area contributed by atoms with Crippen molar-refractivity contribution < 1.29 is 9.59 Å². The molecule has 0 atom stereocenters. The number of benzene rings is 2. The highest BCUT2D eigenvalue weighted by Crippen LogP contribution is 2.38. The number of hydrogen-bond donors (Lipinski definition) is 0. The van der Waals surface area contributed by atoms with E-state index in [-0.39, 0.29) is 5.41 Å². The summed E-state index contributed by atoms with van der Waals surface area (Å²) in [7, 11) is 0. The van der Waals surface area contributed by atoms with E-state index in [0.717, 1.165) is 33.4 Å². The normalized spacial score (nSPS) is 10.8. The van der Waals surface area contributed by atoms with Crippen LogP contribution < -0.4 is 0 Å². The van der Waals surface area contributed by atoms with Crippen molar-refractivity contribution in [1.82, 2.24) is 0 Å². The summed E-state index contributed by atoms with van der Waals surface area (Å²) in [5.41, 5.74) is 7.16. The molecule has 0 unspecified atom stereocenters. The molecule has 0 amide bonds. The van der Waals surface area contributed by atoms with Gasteiger partial charge in [0.2, 0.25) is 12.2 Å². The maximum atomic E-state index is 10.6. The van der Waals surface area contributed by atoms with Crippen LogP contribution in [0.25, 0.3) is 0 Å². The van der Waals surface area contributed by atoms with Crippen molar-refractivity contribution in [2.24, 2.45) is 9.98 Å². The number of aliphatic imine (C=N–C) groups is 2. The average molecular weight is 334 g/mol. The second kappa shape index (κ2) is 6.98. The van der Waals surface area contributed by atoms with Gasteiger partial charge in [-0.3, -0.25) is 0 Å². The Morgan fingerprint density at radius 3 is 1.20 bits per heavy atom. The molecule has 2 rings (SSSR count). The Kier molecular flexibility index (Phi) is 5.18. The van der Waals surface area contributed by atoms with Gasteiger partial charge in [-0.25, -0.2) is 9.59 Å². The van der Waals surface area contributed by atoms with E-state index in [0.29, 0.717) is 11.4 Å². The molecule has 2 aromatic rings. The number of isocyanates is 2. The highest BCUT2D eigenvalue weighted by Gasteiger charge is 2.25. The lowest BCUT2D eigenvalue weighted by molar-refractivity contribution is 0.564. The minimum Gasteiger partial charge on any atom is -0.211 e. The summed E-state index contributed by atoms with van der Waals surface area (Å²) in [5.74, 6) is 0. The van der Waals surface area contributed by atoms with E-state index in [4.69, 9.17) is 0 Å². The largest absolute Gasteiger partial charge is 0.240 e. The second-order valence-corrected chi connectivity index (χ2v) is 6.95. The molecule has 0 aliphatic heterocycles. The molecule has 0 spiro atoms. The standard InChI is InChI=1S/C21H22N2O2/c1-13-7-17(8-14(2)19(13)22-11-24)21(5,6)18-9-15(3)20(23-12-25)16(4)10-18/h7-10H,1-6H3. The predicted molar refractivity (Wildman–Crippen MR) is 99.5 cm³/mol. The molecule has 0 heterocycles. The van der Waals surface area contributed by atoms with Gasteiger partial charge in [0, 0.05) is 5.41 Å². The van der Waals surface area contributed by atoms with Crippen molar-refractivity contribution in [1.29, 1.82) is 0 Å². The van der Waals surface area contributed by atoms with Crippen LogP contribution in [0.1, 0.15) is 47.2 Å². The molecule has 0 saturated heterocycles. The summed E-state index contributed by atoms with van der Waals surface area (Å²) >= 11 is 0. The van der Waals surface area contributed by atoms with Crippen molar-refractivity contribution in [3.63, 3.8) is 0 Å². The van der Waals surface area contributed by atoms with Gasteiger partial charge in [0.25, 0.3) is 0 Å². The fraction of sp³-hybridized carbons (Fsp3) is 0.333. The minimum atomic E-state index is -0.252. The van der Waals surface area contributed by atoms with Crippen LogP contribution in [0.15, 0.2) is 34.3 Å². The fourth-order valence-electron chi connectivity index (χ4n) is 3.24. The van der Waals surface area contributed by atoms with Gasteiger partial charge in [-0.05, 0) is 61.1 Å². The first-order valence-electron chi connectivity index (χ1n) is 8.11. The molecule has 0 bridgehead atoms. The molecular formula is C21H22N2O2. The van der Waals surface area contributed by atoms with Crippen molar-refractivity contribution in [2.75, 3.05) is 0 Å². The van der Waals surface area contributed by atoms with E-state index in [9.17, 15) is 9.59 Å². The zero-order chi connectivity index (χ0) is 18.8. The maximum Gasteiger partial charge on any atom is 0.240 e. The molecule has 2 aromatic carbocycles. The van der Waals surface area contributed by atoms with Gasteiger partial charge in [0.05, 0.1) is 11.4 Å². The molecule has 25 heavy (non-hydrogen) atoms. The first-order valence-corrected chi connectivity index (χ1v) is 8.11. The summed E-state index contributed by atoms with van der Waals surface area (Å²) < 4.78 is 0. The van der Waals surface area contributed by atoms with Gasteiger partial charge in [-0.2, -0.15) is 9.98 Å². The van der Waals surface area contributed by atoms with E-state index in [1.807, 2.05) is 27.7 Å². The number of carbonyl (C=O) groups excluding carboxylic acids is 2. The van der Waals surface area contributed by atoms with Crippen LogP contribution >= 0.6 is 0 Å². The number of aryl methyl sites for hydroxylation is 4. The molecule has 0 radical (unpaired) electrons. The summed E-state index contributed by atoms with van der Waals surface area (Å²) in [4.78, 5) is 28.8. The van der Waals surface area contributed by atoms with E-state index < -0.39 is 0 Å². The summed E-state index contributed by atoms with van der Waals surface area (Å²) in [5, 5.41) is 0. The SMILES string of the molecule is Cc1cc(C(C)(C)c2cc(C)c(N=C=O)c(C)c2)cc(C)c1N=C=O. The van der Waals surface area contributed by atoms with Crippen molar-refractivity contribution in [3.8, 4) is 0 Å². The molecule has 0 aliphatic carbocycles. The quantitative estimate of drug-likeness (QED) is 0.571. The molecule has 0 saturated carbocycles. The zero-order valence-electron chi connectivity index (χ0n) is 15.5. The van der Waals surface area contributed by atoms with Gasteiger partial charge in [-0.15, -0.1) is 0 Å². The lowest BCUT2D eigenvalue weighted by atomic mass is 9.76. The van der Waals surface area contributed by atoms with Crippen LogP contribution in [0.2, 0.25) is 0 Å². The summed E-state index contributed by atoms with van der Waals surface area (Å²) in [6.45, 7) is 12.1. The third kappa shape index (κ3) is 3.51. The summed E-state index contributed by atoms with van der Waals surface area (Å²) in [6, 6.07) is 8.24. The van der Waals surface area contributed by atoms with Crippen LogP contribution in [-0.4, -0.2) is 12.2 Å². The predicted octanol–water partition coefficient (Wildman–Crippen LogP) is 5.18. The van der Waals surface area contributed by atoms with Crippen LogP contribution in [0.3, 0.4) is 0 Å². The van der Waals surface area contributed by atoms with Crippen molar-refractivity contribution in [2.45, 2.75) is 47.0 Å². The fourth-order valence-corrected chi connectivity index (χ4v) is 3.24. The maximum absolute atomic E-state index is 10.6. The second-order valence-electron chi connectivity index (χ2n) is 6.95. The Labute approximate surface area is 148 Å². The average Bonchev–Trinajstić information content (AvgIpc) is 2.53. The topological polar surface area (TPSA) is 58.9 Å². The third-order valence-corrected chi connectivity index (χ3v) is 4.74. The molecule has 0 aliphatic rings.